The second-order valence-electron chi connectivity index (χ2n) is 4.47. The van der Waals surface area contributed by atoms with E-state index in [0.717, 1.165) is 18.8 Å². The summed E-state index contributed by atoms with van der Waals surface area (Å²) in [5.41, 5.74) is -0.481. The van der Waals surface area contributed by atoms with Crippen LogP contribution in [0.4, 0.5) is 0 Å². The van der Waals surface area contributed by atoms with Crippen LogP contribution in [-0.4, -0.2) is 10.7 Å². The molecule has 0 amide bonds. The van der Waals surface area contributed by atoms with Gasteiger partial charge in [0.25, 0.3) is 0 Å². The van der Waals surface area contributed by atoms with Gasteiger partial charge in [-0.1, -0.05) is 12.2 Å². The Labute approximate surface area is 75.5 Å². The molecule has 1 aliphatic rings. The number of allylic oxidation sites excluding steroid dienone is 2. The lowest BCUT2D eigenvalue weighted by Crippen LogP contribution is -2.19. The summed E-state index contributed by atoms with van der Waals surface area (Å²) in [7, 11) is 0. The maximum atomic E-state index is 9.52. The lowest BCUT2D eigenvalue weighted by molar-refractivity contribution is 0.0649. The van der Waals surface area contributed by atoms with Crippen LogP contribution in [-0.2, 0) is 0 Å². The third-order valence-electron chi connectivity index (χ3n) is 2.48. The summed E-state index contributed by atoms with van der Waals surface area (Å²) < 4.78 is 0. The van der Waals surface area contributed by atoms with Crippen LogP contribution in [0, 0.1) is 5.92 Å². The van der Waals surface area contributed by atoms with Crippen LogP contribution in [0.3, 0.4) is 0 Å². The molecule has 0 saturated carbocycles. The van der Waals surface area contributed by atoms with Gasteiger partial charge in [-0.2, -0.15) is 0 Å². The number of rotatable bonds is 3. The van der Waals surface area contributed by atoms with Gasteiger partial charge in [0, 0.05) is 0 Å². The molecule has 1 nitrogen and oxygen atoms in total. The second kappa shape index (κ2) is 4.08. The molecule has 1 atom stereocenters. The Balaban J connectivity index is 2.22. The zero-order valence-electron chi connectivity index (χ0n) is 8.21. The molecular formula is C11H20O. The van der Waals surface area contributed by atoms with E-state index in [0.29, 0.717) is 0 Å². The molecule has 1 N–H and O–H groups in total. The molecular weight excluding hydrogens is 148 g/mol. The average Bonchev–Trinajstić information content (AvgIpc) is 2.02. The summed E-state index contributed by atoms with van der Waals surface area (Å²) in [5, 5.41) is 9.52. The van der Waals surface area contributed by atoms with Crippen molar-refractivity contribution in [2.24, 2.45) is 5.92 Å². The van der Waals surface area contributed by atoms with Gasteiger partial charge in [0.15, 0.2) is 0 Å². The van der Waals surface area contributed by atoms with Crippen LogP contribution in [0.5, 0.6) is 0 Å². The Kier molecular flexibility index (Phi) is 3.33. The molecule has 0 fully saturated rings. The van der Waals surface area contributed by atoms with E-state index in [4.69, 9.17) is 0 Å². The number of aliphatic hydroxyl groups is 1. The van der Waals surface area contributed by atoms with Crippen LogP contribution in [0.1, 0.15) is 46.0 Å². The van der Waals surface area contributed by atoms with Crippen LogP contribution < -0.4 is 0 Å². The summed E-state index contributed by atoms with van der Waals surface area (Å²) in [6.07, 6.45) is 10.5. The first-order chi connectivity index (χ1) is 5.58. The van der Waals surface area contributed by atoms with Gasteiger partial charge in [-0.3, -0.25) is 0 Å². The van der Waals surface area contributed by atoms with Gasteiger partial charge in [-0.15, -0.1) is 0 Å². The minimum Gasteiger partial charge on any atom is -0.390 e. The summed E-state index contributed by atoms with van der Waals surface area (Å²) in [6, 6.07) is 0. The molecule has 0 radical (unpaired) electrons. The summed E-state index contributed by atoms with van der Waals surface area (Å²) in [6.45, 7) is 3.78. The third kappa shape index (κ3) is 3.91. The molecule has 1 rings (SSSR count). The van der Waals surface area contributed by atoms with Gasteiger partial charge in [0.05, 0.1) is 5.60 Å². The Morgan fingerprint density at radius 1 is 1.50 bits per heavy atom. The normalized spacial score (nSPS) is 24.4. The first-order valence-electron chi connectivity index (χ1n) is 4.97. The van der Waals surface area contributed by atoms with Gasteiger partial charge in [0.2, 0.25) is 0 Å². The third-order valence-corrected chi connectivity index (χ3v) is 2.48. The lowest BCUT2D eigenvalue weighted by atomic mass is 9.88. The molecule has 0 spiro atoms. The average molecular weight is 168 g/mol. The lowest BCUT2D eigenvalue weighted by Gasteiger charge is -2.21. The van der Waals surface area contributed by atoms with Crippen molar-refractivity contribution in [1.29, 1.82) is 0 Å². The molecule has 12 heavy (non-hydrogen) atoms. The summed E-state index contributed by atoms with van der Waals surface area (Å²) in [4.78, 5) is 0. The zero-order valence-corrected chi connectivity index (χ0v) is 8.21. The number of hydrogen-bond acceptors (Lipinski definition) is 1. The molecule has 70 valence electrons. The summed E-state index contributed by atoms with van der Waals surface area (Å²) >= 11 is 0. The molecule has 0 saturated heterocycles. The fourth-order valence-electron chi connectivity index (χ4n) is 1.66. The van der Waals surface area contributed by atoms with Crippen molar-refractivity contribution in [3.05, 3.63) is 12.2 Å². The first-order valence-corrected chi connectivity index (χ1v) is 4.97. The van der Waals surface area contributed by atoms with E-state index in [1.165, 1.54) is 19.3 Å². The molecule has 1 aliphatic carbocycles. The molecule has 1 heteroatoms. The highest BCUT2D eigenvalue weighted by molar-refractivity contribution is 4.93. The van der Waals surface area contributed by atoms with Crippen LogP contribution in [0.2, 0.25) is 0 Å². The highest BCUT2D eigenvalue weighted by Crippen LogP contribution is 2.24. The van der Waals surface area contributed by atoms with Crippen molar-refractivity contribution in [3.63, 3.8) is 0 Å². The van der Waals surface area contributed by atoms with Crippen LogP contribution in [0.25, 0.3) is 0 Å². The monoisotopic (exact) mass is 168 g/mol. The van der Waals surface area contributed by atoms with Gasteiger partial charge in [0.1, 0.15) is 0 Å². The molecule has 0 heterocycles. The molecule has 0 aliphatic heterocycles. The van der Waals surface area contributed by atoms with E-state index in [1.54, 1.807) is 0 Å². The zero-order chi connectivity index (χ0) is 9.03. The van der Waals surface area contributed by atoms with E-state index in [9.17, 15) is 5.11 Å². The maximum absolute atomic E-state index is 9.52. The van der Waals surface area contributed by atoms with Crippen molar-refractivity contribution in [3.8, 4) is 0 Å². The predicted octanol–water partition coefficient (Wildman–Crippen LogP) is 2.89. The highest BCUT2D eigenvalue weighted by atomic mass is 16.3. The van der Waals surface area contributed by atoms with Crippen LogP contribution >= 0.6 is 0 Å². The smallest absolute Gasteiger partial charge is 0.0592 e. The topological polar surface area (TPSA) is 20.2 Å². The number of hydrogen-bond donors (Lipinski definition) is 1. The van der Waals surface area contributed by atoms with E-state index in [-0.39, 0.29) is 0 Å². The standard InChI is InChI=1S/C11H20O/c1-11(2,12)9-8-10-6-4-3-5-7-10/h4,6,10,12H,3,5,7-9H2,1-2H3. The molecule has 0 aromatic heterocycles. The van der Waals surface area contributed by atoms with Crippen molar-refractivity contribution in [1.82, 2.24) is 0 Å². The first kappa shape index (κ1) is 9.79. The van der Waals surface area contributed by atoms with Gasteiger partial charge in [-0.05, 0) is 51.9 Å². The molecule has 1 unspecified atom stereocenters. The summed E-state index contributed by atoms with van der Waals surface area (Å²) in [5.74, 6) is 0.727. The maximum Gasteiger partial charge on any atom is 0.0592 e. The fourth-order valence-corrected chi connectivity index (χ4v) is 1.66. The fraction of sp³-hybridized carbons (Fsp3) is 0.818. The minimum atomic E-state index is -0.481. The van der Waals surface area contributed by atoms with Crippen molar-refractivity contribution >= 4 is 0 Å². The van der Waals surface area contributed by atoms with Crippen molar-refractivity contribution in [2.45, 2.75) is 51.6 Å². The van der Waals surface area contributed by atoms with Gasteiger partial charge < -0.3 is 5.11 Å². The van der Waals surface area contributed by atoms with Crippen LogP contribution in [0.15, 0.2) is 12.2 Å². The quantitative estimate of drug-likeness (QED) is 0.642. The Morgan fingerprint density at radius 2 is 2.25 bits per heavy atom. The Hall–Kier alpha value is -0.300. The van der Waals surface area contributed by atoms with E-state index >= 15 is 0 Å². The largest absolute Gasteiger partial charge is 0.390 e. The molecule has 0 aromatic carbocycles. The Morgan fingerprint density at radius 3 is 2.75 bits per heavy atom. The second-order valence-corrected chi connectivity index (χ2v) is 4.47. The van der Waals surface area contributed by atoms with E-state index in [1.807, 2.05) is 13.8 Å². The molecule has 0 bridgehead atoms. The SMILES string of the molecule is CC(C)(O)CCC1C=CCCC1. The van der Waals surface area contributed by atoms with Gasteiger partial charge >= 0.3 is 0 Å². The van der Waals surface area contributed by atoms with Crippen molar-refractivity contribution < 1.29 is 5.11 Å². The molecule has 0 aromatic rings. The predicted molar refractivity (Wildman–Crippen MR) is 52.0 cm³/mol. The Bertz CT molecular complexity index is 153. The van der Waals surface area contributed by atoms with Crippen molar-refractivity contribution in [2.75, 3.05) is 0 Å². The highest BCUT2D eigenvalue weighted by Gasteiger charge is 2.15. The van der Waals surface area contributed by atoms with E-state index < -0.39 is 5.60 Å². The minimum absolute atomic E-state index is 0.481. The van der Waals surface area contributed by atoms with Gasteiger partial charge in [-0.25, -0.2) is 0 Å². The van der Waals surface area contributed by atoms with E-state index in [2.05, 4.69) is 12.2 Å².